The van der Waals surface area contributed by atoms with Crippen LogP contribution in [0.15, 0.2) is 41.3 Å². The minimum atomic E-state index is 0.0512. The Labute approximate surface area is 128 Å². The molecule has 1 aliphatic rings. The number of benzene rings is 2. The van der Waals surface area contributed by atoms with Crippen LogP contribution in [0.5, 0.6) is 0 Å². The van der Waals surface area contributed by atoms with Crippen LogP contribution in [0.1, 0.15) is 12.0 Å². The van der Waals surface area contributed by atoms with Gasteiger partial charge in [0, 0.05) is 17.0 Å². The molecular weight excluding hydrogens is 282 g/mol. The van der Waals surface area contributed by atoms with E-state index in [0.29, 0.717) is 12.1 Å². The summed E-state index contributed by atoms with van der Waals surface area (Å²) in [5.74, 6) is 0.0512. The molecule has 0 radical (unpaired) electrons. The largest absolute Gasteiger partial charge is 0.397 e. The second-order valence-electron chi connectivity index (χ2n) is 4.97. The zero-order chi connectivity index (χ0) is 14.8. The van der Waals surface area contributed by atoms with Gasteiger partial charge in [-0.1, -0.05) is 12.1 Å². The average molecular weight is 299 g/mol. The Kier molecular flexibility index (Phi) is 3.75. The SMILES string of the molecule is CSc1ccccc1Nc1cc2c(cc1N)NC(=O)CC2. The zero-order valence-electron chi connectivity index (χ0n) is 11.8. The van der Waals surface area contributed by atoms with Crippen molar-refractivity contribution in [2.45, 2.75) is 17.7 Å². The number of nitrogen functional groups attached to an aromatic ring is 1. The first-order chi connectivity index (χ1) is 10.2. The zero-order valence-corrected chi connectivity index (χ0v) is 12.6. The number of nitrogens with one attached hydrogen (secondary N) is 2. The van der Waals surface area contributed by atoms with Crippen molar-refractivity contribution in [2.75, 3.05) is 22.6 Å². The summed E-state index contributed by atoms with van der Waals surface area (Å²) in [5, 5.41) is 6.26. The summed E-state index contributed by atoms with van der Waals surface area (Å²) in [4.78, 5) is 12.6. The number of fused-ring (bicyclic) bond motifs is 1. The molecule has 0 aromatic heterocycles. The molecule has 2 aromatic rings. The second kappa shape index (κ2) is 5.69. The van der Waals surface area contributed by atoms with Gasteiger partial charge in [0.05, 0.1) is 17.1 Å². The molecule has 0 saturated heterocycles. The predicted octanol–water partition coefficient (Wildman–Crippen LogP) is 3.62. The number of amides is 1. The summed E-state index contributed by atoms with van der Waals surface area (Å²) in [7, 11) is 0. The molecule has 108 valence electrons. The summed E-state index contributed by atoms with van der Waals surface area (Å²) in [6, 6.07) is 12.0. The number of anilines is 4. The molecule has 0 spiro atoms. The number of thioether (sulfide) groups is 1. The van der Waals surface area contributed by atoms with E-state index < -0.39 is 0 Å². The van der Waals surface area contributed by atoms with Crippen LogP contribution in [0.2, 0.25) is 0 Å². The van der Waals surface area contributed by atoms with Gasteiger partial charge in [-0.25, -0.2) is 0 Å². The van der Waals surface area contributed by atoms with Crippen LogP contribution in [0.3, 0.4) is 0 Å². The monoisotopic (exact) mass is 299 g/mol. The second-order valence-corrected chi connectivity index (χ2v) is 5.82. The van der Waals surface area contributed by atoms with Crippen molar-refractivity contribution in [3.05, 3.63) is 42.0 Å². The summed E-state index contributed by atoms with van der Waals surface area (Å²) in [5.41, 5.74) is 10.6. The van der Waals surface area contributed by atoms with Gasteiger partial charge < -0.3 is 16.4 Å². The Morgan fingerprint density at radius 3 is 2.81 bits per heavy atom. The van der Waals surface area contributed by atoms with Gasteiger partial charge in [0.1, 0.15) is 0 Å². The first kappa shape index (κ1) is 13.8. The Hall–Kier alpha value is -2.14. The standard InChI is InChI=1S/C16H17N3OS/c1-21-15-5-3-2-4-12(15)18-14-8-10-6-7-16(20)19-13(10)9-11(14)17/h2-5,8-9,18H,6-7,17H2,1H3,(H,19,20). The van der Waals surface area contributed by atoms with Gasteiger partial charge in [-0.2, -0.15) is 0 Å². The van der Waals surface area contributed by atoms with Gasteiger partial charge in [0.2, 0.25) is 5.91 Å². The predicted molar refractivity (Wildman–Crippen MR) is 89.3 cm³/mol. The molecule has 2 aromatic carbocycles. The first-order valence-corrected chi connectivity index (χ1v) is 8.02. The third-order valence-corrected chi connectivity index (χ3v) is 4.34. The Morgan fingerprint density at radius 1 is 1.19 bits per heavy atom. The fourth-order valence-corrected chi connectivity index (χ4v) is 3.00. The van der Waals surface area contributed by atoms with Gasteiger partial charge in [0.15, 0.2) is 0 Å². The number of aryl methyl sites for hydroxylation is 1. The van der Waals surface area contributed by atoms with E-state index in [9.17, 15) is 4.79 Å². The summed E-state index contributed by atoms with van der Waals surface area (Å²) in [6.07, 6.45) is 3.32. The quantitative estimate of drug-likeness (QED) is 0.598. The van der Waals surface area contributed by atoms with Gasteiger partial charge in [-0.3, -0.25) is 4.79 Å². The van der Waals surface area contributed by atoms with Crippen LogP contribution in [-0.4, -0.2) is 12.2 Å². The maximum Gasteiger partial charge on any atom is 0.224 e. The molecule has 0 saturated carbocycles. The summed E-state index contributed by atoms with van der Waals surface area (Å²) < 4.78 is 0. The van der Waals surface area contributed by atoms with Crippen molar-refractivity contribution in [3.63, 3.8) is 0 Å². The van der Waals surface area contributed by atoms with E-state index in [1.807, 2.05) is 36.6 Å². The van der Waals surface area contributed by atoms with E-state index in [1.54, 1.807) is 11.8 Å². The van der Waals surface area contributed by atoms with E-state index in [1.165, 1.54) is 4.90 Å². The molecule has 3 rings (SSSR count). The van der Waals surface area contributed by atoms with Crippen molar-refractivity contribution in [1.29, 1.82) is 0 Å². The topological polar surface area (TPSA) is 67.2 Å². The lowest BCUT2D eigenvalue weighted by molar-refractivity contribution is -0.116. The van der Waals surface area contributed by atoms with E-state index in [0.717, 1.165) is 29.0 Å². The van der Waals surface area contributed by atoms with Crippen molar-refractivity contribution in [1.82, 2.24) is 0 Å². The highest BCUT2D eigenvalue weighted by Crippen LogP contribution is 2.34. The Morgan fingerprint density at radius 2 is 2.00 bits per heavy atom. The molecule has 5 heteroatoms. The lowest BCUT2D eigenvalue weighted by atomic mass is 10.0. The Balaban J connectivity index is 1.94. The van der Waals surface area contributed by atoms with Crippen LogP contribution in [-0.2, 0) is 11.2 Å². The molecule has 1 amide bonds. The number of rotatable bonds is 3. The molecule has 0 bridgehead atoms. The highest BCUT2D eigenvalue weighted by Gasteiger charge is 2.17. The van der Waals surface area contributed by atoms with Crippen LogP contribution < -0.4 is 16.4 Å². The lowest BCUT2D eigenvalue weighted by Gasteiger charge is -2.20. The van der Waals surface area contributed by atoms with Gasteiger partial charge in [0.25, 0.3) is 0 Å². The van der Waals surface area contributed by atoms with Crippen LogP contribution >= 0.6 is 11.8 Å². The third kappa shape index (κ3) is 2.83. The third-order valence-electron chi connectivity index (χ3n) is 3.55. The van der Waals surface area contributed by atoms with Crippen molar-refractivity contribution < 1.29 is 4.79 Å². The van der Waals surface area contributed by atoms with Crippen molar-refractivity contribution in [2.24, 2.45) is 0 Å². The fraction of sp³-hybridized carbons (Fsp3) is 0.188. The van der Waals surface area contributed by atoms with E-state index in [4.69, 9.17) is 5.73 Å². The smallest absolute Gasteiger partial charge is 0.224 e. The molecule has 4 N–H and O–H groups in total. The van der Waals surface area contributed by atoms with Crippen molar-refractivity contribution >= 4 is 40.4 Å². The van der Waals surface area contributed by atoms with Crippen LogP contribution in [0.25, 0.3) is 0 Å². The van der Waals surface area contributed by atoms with E-state index >= 15 is 0 Å². The number of carbonyl (C=O) groups excluding carboxylic acids is 1. The van der Waals surface area contributed by atoms with Crippen LogP contribution in [0.4, 0.5) is 22.7 Å². The van der Waals surface area contributed by atoms with Gasteiger partial charge in [-0.05, 0) is 42.5 Å². The number of hydrogen-bond donors (Lipinski definition) is 3. The highest BCUT2D eigenvalue weighted by atomic mass is 32.2. The molecule has 1 aliphatic heterocycles. The molecule has 0 fully saturated rings. The number of nitrogens with two attached hydrogens (primary N) is 1. The molecule has 1 heterocycles. The normalized spacial score (nSPS) is 13.5. The first-order valence-electron chi connectivity index (χ1n) is 6.79. The fourth-order valence-electron chi connectivity index (χ4n) is 2.45. The van der Waals surface area contributed by atoms with E-state index in [-0.39, 0.29) is 5.91 Å². The van der Waals surface area contributed by atoms with Gasteiger partial charge >= 0.3 is 0 Å². The molecule has 21 heavy (non-hydrogen) atoms. The summed E-state index contributed by atoms with van der Waals surface area (Å²) in [6.45, 7) is 0. The number of carbonyl (C=O) groups is 1. The molecule has 0 aliphatic carbocycles. The van der Waals surface area contributed by atoms with Crippen LogP contribution in [0, 0.1) is 0 Å². The molecule has 4 nitrogen and oxygen atoms in total. The molecule has 0 atom stereocenters. The molecular formula is C16H17N3OS. The lowest BCUT2D eigenvalue weighted by Crippen LogP contribution is -2.19. The van der Waals surface area contributed by atoms with E-state index in [2.05, 4.69) is 16.7 Å². The highest BCUT2D eigenvalue weighted by molar-refractivity contribution is 7.98. The number of hydrogen-bond acceptors (Lipinski definition) is 4. The summed E-state index contributed by atoms with van der Waals surface area (Å²) >= 11 is 1.69. The maximum absolute atomic E-state index is 11.4. The maximum atomic E-state index is 11.4. The Bertz CT molecular complexity index is 700. The number of para-hydroxylation sites is 1. The minimum Gasteiger partial charge on any atom is -0.397 e. The molecule has 0 unspecified atom stereocenters. The average Bonchev–Trinajstić information content (AvgIpc) is 2.49. The van der Waals surface area contributed by atoms with Crippen molar-refractivity contribution in [3.8, 4) is 0 Å². The van der Waals surface area contributed by atoms with Gasteiger partial charge in [-0.15, -0.1) is 11.8 Å². The minimum absolute atomic E-state index is 0.0512.